The molecule has 0 saturated heterocycles. The molecule has 0 N–H and O–H groups in total. The fourth-order valence-electron chi connectivity index (χ4n) is 1.54. The third-order valence-corrected chi connectivity index (χ3v) is 2.43. The fraction of sp³-hybridized carbons (Fsp3) is 0.917. The molecular weight excluding hydrogens is 183 g/mol. The molecule has 0 atom stereocenters. The van der Waals surface area contributed by atoms with E-state index in [0.29, 0.717) is 0 Å². The van der Waals surface area contributed by atoms with E-state index in [-0.39, 0.29) is 29.6 Å². The van der Waals surface area contributed by atoms with Gasteiger partial charge in [0, 0.05) is 6.42 Å². The van der Waals surface area contributed by atoms with Crippen LogP contribution in [0.4, 0.5) is 0 Å². The molecule has 0 radical (unpaired) electrons. The third kappa shape index (κ3) is 15.2. The zero-order chi connectivity index (χ0) is 9.78. The maximum absolute atomic E-state index is 10.0. The van der Waals surface area contributed by atoms with Gasteiger partial charge in [-0.3, -0.25) is 0 Å². The van der Waals surface area contributed by atoms with Gasteiger partial charge >= 0.3 is 29.6 Å². The van der Waals surface area contributed by atoms with Crippen LogP contribution in [0.1, 0.15) is 71.1 Å². The molecule has 0 rings (SSSR count). The van der Waals surface area contributed by atoms with Crippen molar-refractivity contribution in [1.82, 2.24) is 0 Å². The van der Waals surface area contributed by atoms with Crippen molar-refractivity contribution in [2.45, 2.75) is 71.1 Å². The minimum absolute atomic E-state index is 0. The van der Waals surface area contributed by atoms with Crippen LogP contribution >= 0.6 is 0 Å². The summed E-state index contributed by atoms with van der Waals surface area (Å²) in [5.41, 5.74) is 0. The molecule has 0 aromatic rings. The van der Waals surface area contributed by atoms with E-state index < -0.39 is 0 Å². The first-order valence-electron chi connectivity index (χ1n) is 5.85. The molecule has 0 aromatic carbocycles. The molecule has 14 heavy (non-hydrogen) atoms. The minimum atomic E-state index is 0. The molecule has 80 valence electrons. The van der Waals surface area contributed by atoms with E-state index in [0.717, 1.165) is 19.1 Å². The van der Waals surface area contributed by atoms with Gasteiger partial charge in [-0.15, -0.1) is 0 Å². The standard InChI is InChI=1S/C12H24O.Na.H/c1-2-3-4-5-6-7-8-9-10-11-12-13;;/h12H,2-11H2,1H3;;. The number of aldehydes is 1. The molecule has 1 nitrogen and oxygen atoms in total. The van der Waals surface area contributed by atoms with Gasteiger partial charge in [-0.05, 0) is 6.42 Å². The SMILES string of the molecule is CCCCCCCCCCCC=O.[NaH]. The number of hydrogen-bond acceptors (Lipinski definition) is 1. The third-order valence-electron chi connectivity index (χ3n) is 2.43. The number of unbranched alkanes of at least 4 members (excludes halogenated alkanes) is 9. The summed E-state index contributed by atoms with van der Waals surface area (Å²) < 4.78 is 0. The van der Waals surface area contributed by atoms with Crippen LogP contribution in [0, 0.1) is 0 Å². The Morgan fingerprint density at radius 3 is 1.64 bits per heavy atom. The summed E-state index contributed by atoms with van der Waals surface area (Å²) in [7, 11) is 0. The fourth-order valence-corrected chi connectivity index (χ4v) is 1.54. The van der Waals surface area contributed by atoms with Crippen molar-refractivity contribution < 1.29 is 4.79 Å². The van der Waals surface area contributed by atoms with Crippen LogP contribution in [0.15, 0.2) is 0 Å². The second-order valence-corrected chi connectivity index (χ2v) is 3.78. The van der Waals surface area contributed by atoms with Gasteiger partial charge < -0.3 is 4.79 Å². The van der Waals surface area contributed by atoms with Crippen LogP contribution in [-0.4, -0.2) is 35.8 Å². The quantitative estimate of drug-likeness (QED) is 0.305. The first kappa shape index (κ1) is 17.1. The van der Waals surface area contributed by atoms with Crippen LogP contribution in [0.25, 0.3) is 0 Å². The van der Waals surface area contributed by atoms with Gasteiger partial charge in [-0.2, -0.15) is 0 Å². The molecule has 0 unspecified atom stereocenters. The van der Waals surface area contributed by atoms with E-state index in [1.807, 2.05) is 0 Å². The normalized spacial score (nSPS) is 9.50. The van der Waals surface area contributed by atoms with Crippen LogP contribution in [0.3, 0.4) is 0 Å². The molecule has 0 bridgehead atoms. The Hall–Kier alpha value is 0.670. The van der Waals surface area contributed by atoms with Crippen molar-refractivity contribution in [3.8, 4) is 0 Å². The summed E-state index contributed by atoms with van der Waals surface area (Å²) in [6.07, 6.45) is 13.7. The maximum atomic E-state index is 10.0. The Morgan fingerprint density at radius 2 is 1.21 bits per heavy atom. The zero-order valence-electron chi connectivity index (χ0n) is 9.06. The number of carbonyl (C=O) groups is 1. The Bertz CT molecular complexity index is 104. The Kier molecular flexibility index (Phi) is 19.7. The second-order valence-electron chi connectivity index (χ2n) is 3.78. The Labute approximate surface area is 111 Å². The molecule has 0 aliphatic rings. The molecule has 0 aromatic heterocycles. The van der Waals surface area contributed by atoms with Gasteiger partial charge in [0.2, 0.25) is 0 Å². The molecule has 2 heteroatoms. The topological polar surface area (TPSA) is 17.1 Å². The van der Waals surface area contributed by atoms with Gasteiger partial charge in [-0.25, -0.2) is 0 Å². The van der Waals surface area contributed by atoms with Crippen molar-refractivity contribution in [3.63, 3.8) is 0 Å². The van der Waals surface area contributed by atoms with E-state index in [2.05, 4.69) is 6.92 Å². The molecule has 0 aliphatic heterocycles. The summed E-state index contributed by atoms with van der Waals surface area (Å²) in [6, 6.07) is 0. The van der Waals surface area contributed by atoms with Gasteiger partial charge in [0.25, 0.3) is 0 Å². The summed E-state index contributed by atoms with van der Waals surface area (Å²) in [6.45, 7) is 2.25. The monoisotopic (exact) mass is 208 g/mol. The zero-order valence-corrected chi connectivity index (χ0v) is 9.06. The number of carbonyl (C=O) groups excluding carboxylic acids is 1. The van der Waals surface area contributed by atoms with Crippen molar-refractivity contribution >= 4 is 35.8 Å². The van der Waals surface area contributed by atoms with Gasteiger partial charge in [0.05, 0.1) is 0 Å². The first-order chi connectivity index (χ1) is 6.41. The van der Waals surface area contributed by atoms with Crippen molar-refractivity contribution in [3.05, 3.63) is 0 Å². The first-order valence-corrected chi connectivity index (χ1v) is 5.85. The van der Waals surface area contributed by atoms with Crippen molar-refractivity contribution in [2.24, 2.45) is 0 Å². The number of hydrogen-bond donors (Lipinski definition) is 0. The summed E-state index contributed by atoms with van der Waals surface area (Å²) in [4.78, 5) is 10.0. The predicted octanol–water partition coefficient (Wildman–Crippen LogP) is 3.46. The average Bonchev–Trinajstić information content (AvgIpc) is 2.16. The molecule has 0 spiro atoms. The van der Waals surface area contributed by atoms with Crippen LogP contribution < -0.4 is 0 Å². The van der Waals surface area contributed by atoms with E-state index in [1.54, 1.807) is 0 Å². The summed E-state index contributed by atoms with van der Waals surface area (Å²) >= 11 is 0. The average molecular weight is 208 g/mol. The van der Waals surface area contributed by atoms with Crippen molar-refractivity contribution in [2.75, 3.05) is 0 Å². The van der Waals surface area contributed by atoms with Crippen LogP contribution in [0.5, 0.6) is 0 Å². The molecule has 0 amide bonds. The molecule has 0 heterocycles. The second kappa shape index (κ2) is 16.1. The summed E-state index contributed by atoms with van der Waals surface area (Å²) in [5.74, 6) is 0. The predicted molar refractivity (Wildman–Crippen MR) is 65.1 cm³/mol. The van der Waals surface area contributed by atoms with Gasteiger partial charge in [0.1, 0.15) is 6.29 Å². The number of rotatable bonds is 10. The summed E-state index contributed by atoms with van der Waals surface area (Å²) in [5, 5.41) is 0. The van der Waals surface area contributed by atoms with E-state index >= 15 is 0 Å². The Balaban J connectivity index is 0. The van der Waals surface area contributed by atoms with Crippen LogP contribution in [0.2, 0.25) is 0 Å². The molecule has 0 saturated carbocycles. The van der Waals surface area contributed by atoms with E-state index in [4.69, 9.17) is 0 Å². The molecular formula is C12H25NaO. The van der Waals surface area contributed by atoms with E-state index in [1.165, 1.54) is 51.4 Å². The van der Waals surface area contributed by atoms with Gasteiger partial charge in [0.15, 0.2) is 0 Å². The molecule has 0 fully saturated rings. The Morgan fingerprint density at radius 1 is 0.786 bits per heavy atom. The van der Waals surface area contributed by atoms with E-state index in [9.17, 15) is 4.79 Å². The molecule has 0 aliphatic carbocycles. The van der Waals surface area contributed by atoms with Crippen LogP contribution in [-0.2, 0) is 4.79 Å². The van der Waals surface area contributed by atoms with Crippen molar-refractivity contribution in [1.29, 1.82) is 0 Å². The van der Waals surface area contributed by atoms with Gasteiger partial charge in [-0.1, -0.05) is 58.3 Å².